The highest BCUT2D eigenvalue weighted by Gasteiger charge is 2.18. The summed E-state index contributed by atoms with van der Waals surface area (Å²) in [5.41, 5.74) is 4.26. The molecule has 0 spiro atoms. The van der Waals surface area contributed by atoms with Crippen LogP contribution < -0.4 is 10.1 Å². The van der Waals surface area contributed by atoms with Gasteiger partial charge in [-0.05, 0) is 49.9 Å². The molecule has 0 saturated heterocycles. The van der Waals surface area contributed by atoms with Gasteiger partial charge in [-0.1, -0.05) is 49.7 Å². The third kappa shape index (κ3) is 4.35. The van der Waals surface area contributed by atoms with Crippen molar-refractivity contribution < 1.29 is 9.53 Å². The zero-order chi connectivity index (χ0) is 17.0. The zero-order valence-corrected chi connectivity index (χ0v) is 14.5. The fourth-order valence-electron chi connectivity index (χ4n) is 2.44. The lowest BCUT2D eigenvalue weighted by Crippen LogP contribution is -2.30. The van der Waals surface area contributed by atoms with E-state index in [-0.39, 0.29) is 5.91 Å². The smallest absolute Gasteiger partial charge is 0.265 e. The van der Waals surface area contributed by atoms with Gasteiger partial charge in [0.25, 0.3) is 5.91 Å². The minimum absolute atomic E-state index is 0.137. The number of nitrogens with one attached hydrogen (secondary N) is 1. The van der Waals surface area contributed by atoms with Gasteiger partial charge in [-0.15, -0.1) is 0 Å². The molecule has 1 amide bonds. The van der Waals surface area contributed by atoms with Crippen LogP contribution in [0, 0.1) is 13.8 Å². The Balaban J connectivity index is 2.11. The molecule has 0 aliphatic heterocycles. The molecule has 0 aliphatic rings. The van der Waals surface area contributed by atoms with Crippen molar-refractivity contribution in [3.63, 3.8) is 0 Å². The van der Waals surface area contributed by atoms with Crippen LogP contribution in [0.1, 0.15) is 43.4 Å². The van der Waals surface area contributed by atoms with Crippen LogP contribution in [0.25, 0.3) is 0 Å². The Morgan fingerprint density at radius 3 is 2.26 bits per heavy atom. The molecular formula is C20H25NO2. The Kier molecular flexibility index (Phi) is 5.43. The van der Waals surface area contributed by atoms with Crippen LogP contribution in [-0.4, -0.2) is 12.0 Å². The molecule has 2 aromatic carbocycles. The molecule has 2 aromatic rings. The molecule has 3 nitrogen and oxygen atoms in total. The summed E-state index contributed by atoms with van der Waals surface area (Å²) in [6.45, 7) is 10.0. The average Bonchev–Trinajstić information content (AvgIpc) is 2.51. The first kappa shape index (κ1) is 17.1. The highest BCUT2D eigenvalue weighted by molar-refractivity contribution is 5.95. The zero-order valence-electron chi connectivity index (χ0n) is 14.5. The van der Waals surface area contributed by atoms with Gasteiger partial charge in [0.15, 0.2) is 6.10 Å². The number of ether oxygens (including phenoxy) is 1. The number of benzene rings is 2. The Morgan fingerprint density at radius 1 is 1.00 bits per heavy atom. The topological polar surface area (TPSA) is 38.3 Å². The van der Waals surface area contributed by atoms with E-state index in [0.717, 1.165) is 22.4 Å². The number of hydrogen-bond acceptors (Lipinski definition) is 2. The second kappa shape index (κ2) is 7.32. The lowest BCUT2D eigenvalue weighted by molar-refractivity contribution is -0.122. The highest BCUT2D eigenvalue weighted by atomic mass is 16.5. The minimum atomic E-state index is -0.558. The molecule has 1 atom stereocenters. The van der Waals surface area contributed by atoms with Crippen LogP contribution >= 0.6 is 0 Å². The lowest BCUT2D eigenvalue weighted by Gasteiger charge is -2.19. The maximum atomic E-state index is 12.5. The molecule has 0 radical (unpaired) electrons. The Bertz CT molecular complexity index is 675. The van der Waals surface area contributed by atoms with Gasteiger partial charge in [0, 0.05) is 5.69 Å². The second-order valence-electron chi connectivity index (χ2n) is 6.26. The summed E-state index contributed by atoms with van der Waals surface area (Å²) >= 11 is 0. The summed E-state index contributed by atoms with van der Waals surface area (Å²) in [6.07, 6.45) is -0.558. The normalized spacial score (nSPS) is 12.1. The van der Waals surface area contributed by atoms with E-state index >= 15 is 0 Å². The number of hydrogen-bond donors (Lipinski definition) is 1. The molecule has 0 bridgehead atoms. The molecule has 1 N–H and O–H groups in total. The summed E-state index contributed by atoms with van der Waals surface area (Å²) in [5.74, 6) is 0.910. The summed E-state index contributed by atoms with van der Waals surface area (Å²) in [4.78, 5) is 12.5. The third-order valence-electron chi connectivity index (χ3n) is 3.88. The van der Waals surface area contributed by atoms with E-state index in [1.807, 2.05) is 50.2 Å². The van der Waals surface area contributed by atoms with Gasteiger partial charge in [0.2, 0.25) is 0 Å². The summed E-state index contributed by atoms with van der Waals surface area (Å²) < 4.78 is 5.73. The Hall–Kier alpha value is -2.29. The SMILES string of the molecule is Cc1ccc(O[C@H](C)C(=O)Nc2c(C)cccc2C(C)C)cc1. The van der Waals surface area contributed by atoms with Crippen LogP contribution in [-0.2, 0) is 4.79 Å². The molecule has 0 aliphatic carbocycles. The quantitative estimate of drug-likeness (QED) is 0.858. The number of amides is 1. The van der Waals surface area contributed by atoms with E-state index in [1.165, 1.54) is 0 Å². The van der Waals surface area contributed by atoms with Gasteiger partial charge >= 0.3 is 0 Å². The van der Waals surface area contributed by atoms with Crippen molar-refractivity contribution in [1.82, 2.24) is 0 Å². The number of aryl methyl sites for hydroxylation is 2. The maximum Gasteiger partial charge on any atom is 0.265 e. The third-order valence-corrected chi connectivity index (χ3v) is 3.88. The van der Waals surface area contributed by atoms with E-state index < -0.39 is 6.10 Å². The molecule has 0 heterocycles. The number of carbonyl (C=O) groups excluding carboxylic acids is 1. The van der Waals surface area contributed by atoms with Crippen molar-refractivity contribution in [2.75, 3.05) is 5.32 Å². The predicted molar refractivity (Wildman–Crippen MR) is 95.2 cm³/mol. The number of rotatable bonds is 5. The molecular weight excluding hydrogens is 286 g/mol. The lowest BCUT2D eigenvalue weighted by atomic mass is 9.98. The number of para-hydroxylation sites is 1. The van der Waals surface area contributed by atoms with Crippen LogP contribution in [0.5, 0.6) is 5.75 Å². The van der Waals surface area contributed by atoms with Gasteiger partial charge in [0.05, 0.1) is 0 Å². The van der Waals surface area contributed by atoms with Crippen LogP contribution in [0.15, 0.2) is 42.5 Å². The first-order valence-corrected chi connectivity index (χ1v) is 8.02. The number of carbonyl (C=O) groups is 1. The van der Waals surface area contributed by atoms with Crippen LogP contribution in [0.4, 0.5) is 5.69 Å². The fourth-order valence-corrected chi connectivity index (χ4v) is 2.44. The highest BCUT2D eigenvalue weighted by Crippen LogP contribution is 2.27. The largest absolute Gasteiger partial charge is 0.481 e. The molecule has 0 unspecified atom stereocenters. The van der Waals surface area contributed by atoms with E-state index in [1.54, 1.807) is 6.92 Å². The Labute approximate surface area is 138 Å². The van der Waals surface area contributed by atoms with E-state index in [0.29, 0.717) is 11.7 Å². The first-order valence-electron chi connectivity index (χ1n) is 8.02. The van der Waals surface area contributed by atoms with Gasteiger partial charge in [-0.3, -0.25) is 4.79 Å². The van der Waals surface area contributed by atoms with E-state index in [4.69, 9.17) is 4.74 Å². The van der Waals surface area contributed by atoms with Crippen molar-refractivity contribution in [2.24, 2.45) is 0 Å². The molecule has 23 heavy (non-hydrogen) atoms. The minimum Gasteiger partial charge on any atom is -0.481 e. The van der Waals surface area contributed by atoms with E-state index in [9.17, 15) is 4.79 Å². The molecule has 0 fully saturated rings. The van der Waals surface area contributed by atoms with Crippen LogP contribution in [0.2, 0.25) is 0 Å². The maximum absolute atomic E-state index is 12.5. The number of anilines is 1. The van der Waals surface area contributed by atoms with Crippen molar-refractivity contribution in [1.29, 1.82) is 0 Å². The standard InChI is InChI=1S/C20H25NO2/c1-13(2)18-8-6-7-15(4)19(18)21-20(22)16(5)23-17-11-9-14(3)10-12-17/h6-13,16H,1-5H3,(H,21,22)/t16-/m1/s1. The van der Waals surface area contributed by atoms with Gasteiger partial charge in [-0.25, -0.2) is 0 Å². The van der Waals surface area contributed by atoms with Crippen molar-refractivity contribution in [3.05, 3.63) is 59.2 Å². The van der Waals surface area contributed by atoms with Gasteiger partial charge < -0.3 is 10.1 Å². The van der Waals surface area contributed by atoms with Gasteiger partial charge in [0.1, 0.15) is 5.75 Å². The van der Waals surface area contributed by atoms with Gasteiger partial charge in [-0.2, -0.15) is 0 Å². The molecule has 122 valence electrons. The fraction of sp³-hybridized carbons (Fsp3) is 0.350. The monoisotopic (exact) mass is 311 g/mol. The van der Waals surface area contributed by atoms with E-state index in [2.05, 4.69) is 25.2 Å². The predicted octanol–water partition coefficient (Wildman–Crippen LogP) is 4.83. The summed E-state index contributed by atoms with van der Waals surface area (Å²) in [5, 5.41) is 3.03. The van der Waals surface area contributed by atoms with Crippen molar-refractivity contribution in [3.8, 4) is 5.75 Å². The molecule has 0 saturated carbocycles. The molecule has 0 aromatic heterocycles. The first-order chi connectivity index (χ1) is 10.9. The van der Waals surface area contributed by atoms with Crippen LogP contribution in [0.3, 0.4) is 0 Å². The second-order valence-corrected chi connectivity index (χ2v) is 6.26. The van der Waals surface area contributed by atoms with Crippen molar-refractivity contribution >= 4 is 11.6 Å². The average molecular weight is 311 g/mol. The molecule has 3 heteroatoms. The molecule has 2 rings (SSSR count). The Morgan fingerprint density at radius 2 is 1.65 bits per heavy atom. The summed E-state index contributed by atoms with van der Waals surface area (Å²) in [6, 6.07) is 13.8. The van der Waals surface area contributed by atoms with Crippen molar-refractivity contribution in [2.45, 2.75) is 46.6 Å². The summed E-state index contributed by atoms with van der Waals surface area (Å²) in [7, 11) is 0.